The minimum Gasteiger partial charge on any atom is -0.465 e. The van der Waals surface area contributed by atoms with Gasteiger partial charge < -0.3 is 15.4 Å². The topological polar surface area (TPSA) is 102 Å². The molecule has 1 aliphatic carbocycles. The zero-order chi connectivity index (χ0) is 29.8. The molecule has 11 heteroatoms. The fourth-order valence-corrected chi connectivity index (χ4v) is 6.27. The van der Waals surface area contributed by atoms with Gasteiger partial charge in [0.15, 0.2) is 4.96 Å². The molecule has 0 saturated heterocycles. The normalized spacial score (nSPS) is 15.2. The highest BCUT2D eigenvalue weighted by molar-refractivity contribution is 7.17. The lowest BCUT2D eigenvalue weighted by Gasteiger charge is -2.21. The lowest BCUT2D eigenvalue weighted by Crippen LogP contribution is -2.42. The Kier molecular flexibility index (Phi) is 8.96. The number of benzene rings is 2. The fourth-order valence-electron chi connectivity index (χ4n) is 5.07. The summed E-state index contributed by atoms with van der Waals surface area (Å²) in [6.07, 6.45) is 6.13. The first-order valence-corrected chi connectivity index (χ1v) is 14.9. The first kappa shape index (κ1) is 29.4. The maximum atomic E-state index is 13.4. The first-order chi connectivity index (χ1) is 20.2. The van der Waals surface area contributed by atoms with Crippen LogP contribution in [0.5, 0.6) is 0 Å². The minimum atomic E-state index is -0.872. The molecule has 0 aliphatic heterocycles. The van der Waals surface area contributed by atoms with Gasteiger partial charge in [-0.15, -0.1) is 11.3 Å². The Morgan fingerprint density at radius 1 is 1.14 bits per heavy atom. The van der Waals surface area contributed by atoms with Gasteiger partial charge in [0.25, 0.3) is 0 Å². The van der Waals surface area contributed by atoms with Gasteiger partial charge >= 0.3 is 5.97 Å². The molecule has 2 amide bonds. The molecule has 220 valence electrons. The number of ether oxygens (including phenoxy) is 1. The Morgan fingerprint density at radius 2 is 1.88 bits per heavy atom. The van der Waals surface area contributed by atoms with Crippen LogP contribution < -0.4 is 10.6 Å². The van der Waals surface area contributed by atoms with Crippen molar-refractivity contribution < 1.29 is 27.9 Å². The van der Waals surface area contributed by atoms with Gasteiger partial charge in [-0.25, -0.2) is 13.8 Å². The Hall–Kier alpha value is -4.12. The fraction of sp³-hybridized carbons (Fsp3) is 0.355. The molecule has 1 aliphatic rings. The number of thiazole rings is 1. The van der Waals surface area contributed by atoms with E-state index in [0.29, 0.717) is 12.3 Å². The van der Waals surface area contributed by atoms with E-state index < -0.39 is 29.5 Å². The minimum absolute atomic E-state index is 0.173. The zero-order valence-electron chi connectivity index (χ0n) is 23.4. The summed E-state index contributed by atoms with van der Waals surface area (Å²) in [5, 5.41) is 5.31. The summed E-state index contributed by atoms with van der Waals surface area (Å²) in [5.41, 5.74) is 3.28. The number of carbonyl (C=O) groups is 3. The molecule has 1 unspecified atom stereocenters. The van der Waals surface area contributed by atoms with Gasteiger partial charge in [0.2, 0.25) is 11.8 Å². The van der Waals surface area contributed by atoms with Crippen LogP contribution in [0.15, 0.2) is 48.7 Å². The Bertz CT molecular complexity index is 1590. The number of hydrogen-bond acceptors (Lipinski definition) is 6. The molecular weight excluding hydrogens is 562 g/mol. The summed E-state index contributed by atoms with van der Waals surface area (Å²) in [5.74, 6) is -2.98. The number of hydrogen-bond donors (Lipinski definition) is 2. The molecule has 0 bridgehead atoms. The molecule has 0 fully saturated rings. The molecule has 0 saturated carbocycles. The van der Waals surface area contributed by atoms with Crippen molar-refractivity contribution in [3.8, 4) is 11.3 Å². The molecule has 0 radical (unpaired) electrons. The van der Waals surface area contributed by atoms with Crippen LogP contribution in [0.3, 0.4) is 0 Å². The number of unbranched alkanes of at least 4 members (excludes halogenated alkanes) is 1. The summed E-state index contributed by atoms with van der Waals surface area (Å²) in [4.78, 5) is 44.6. The molecule has 2 aromatic heterocycles. The van der Waals surface area contributed by atoms with E-state index in [4.69, 9.17) is 9.72 Å². The van der Waals surface area contributed by atoms with Crippen molar-refractivity contribution in [1.82, 2.24) is 14.7 Å². The van der Waals surface area contributed by atoms with Crippen molar-refractivity contribution in [3.63, 3.8) is 0 Å². The van der Waals surface area contributed by atoms with Crippen LogP contribution in [-0.2, 0) is 32.0 Å². The van der Waals surface area contributed by atoms with E-state index in [9.17, 15) is 23.2 Å². The van der Waals surface area contributed by atoms with Crippen molar-refractivity contribution in [2.24, 2.45) is 0 Å². The largest absolute Gasteiger partial charge is 0.465 e. The number of imidazole rings is 1. The molecule has 2 atom stereocenters. The molecule has 42 heavy (non-hydrogen) atoms. The molecule has 2 aromatic carbocycles. The highest BCUT2D eigenvalue weighted by Crippen LogP contribution is 2.39. The lowest BCUT2D eigenvalue weighted by atomic mass is 9.91. The molecule has 0 spiro atoms. The van der Waals surface area contributed by atoms with Crippen LogP contribution in [-0.4, -0.2) is 39.8 Å². The summed E-state index contributed by atoms with van der Waals surface area (Å²) in [6.45, 7) is 4.03. The van der Waals surface area contributed by atoms with Crippen LogP contribution in [0.2, 0.25) is 0 Å². The summed E-state index contributed by atoms with van der Waals surface area (Å²) in [6, 6.07) is 9.18. The second kappa shape index (κ2) is 12.8. The third kappa shape index (κ3) is 6.67. The zero-order valence-corrected chi connectivity index (χ0v) is 24.2. The number of rotatable bonds is 10. The van der Waals surface area contributed by atoms with Crippen LogP contribution in [0.1, 0.15) is 61.6 Å². The average molecular weight is 595 g/mol. The Labute approximate surface area is 246 Å². The van der Waals surface area contributed by atoms with E-state index in [2.05, 4.69) is 17.6 Å². The van der Waals surface area contributed by atoms with Crippen molar-refractivity contribution in [1.29, 1.82) is 0 Å². The van der Waals surface area contributed by atoms with E-state index >= 15 is 0 Å². The number of aryl methyl sites for hydroxylation is 1. The number of aromatic nitrogens is 2. The van der Waals surface area contributed by atoms with Gasteiger partial charge in [0.05, 0.1) is 30.3 Å². The maximum absolute atomic E-state index is 13.4. The number of nitrogens with one attached hydrogen (secondary N) is 2. The standard InChI is InChI=1S/C31H32F2N4O4S/c1-3-4-12-41-30(40)24-6-5-7-26-28(24)37-17-25(36-31(37)42-26)20-8-10-23(11-9-20)35-29(39)18(2)34-27(38)15-19-13-21(32)16-22(33)14-19/h8-11,13-14,16-18,24H,3-7,12,15H2,1-2H3,(H,34,38)(H,35,39)/t18-,24?/m0/s1. The lowest BCUT2D eigenvalue weighted by molar-refractivity contribution is -0.146. The second-order valence-electron chi connectivity index (χ2n) is 10.5. The van der Waals surface area contributed by atoms with Crippen LogP contribution >= 0.6 is 11.3 Å². The van der Waals surface area contributed by atoms with E-state index in [0.717, 1.165) is 72.2 Å². The SMILES string of the molecule is CCCCOC(=O)C1CCCc2sc3nc(-c4ccc(NC(=O)[C@H](C)NC(=O)Cc5cc(F)cc(F)c5)cc4)cn3c21. The van der Waals surface area contributed by atoms with Crippen LogP contribution in [0.4, 0.5) is 14.5 Å². The van der Waals surface area contributed by atoms with Crippen molar-refractivity contribution in [3.05, 3.63) is 76.4 Å². The third-order valence-electron chi connectivity index (χ3n) is 7.19. The molecule has 2 N–H and O–H groups in total. The van der Waals surface area contributed by atoms with E-state index in [1.54, 1.807) is 23.5 Å². The monoisotopic (exact) mass is 594 g/mol. The van der Waals surface area contributed by atoms with Gasteiger partial charge in [-0.1, -0.05) is 25.5 Å². The second-order valence-corrected chi connectivity index (χ2v) is 11.5. The van der Waals surface area contributed by atoms with E-state index in [1.807, 2.05) is 22.7 Å². The number of halogens is 2. The molecule has 2 heterocycles. The van der Waals surface area contributed by atoms with Gasteiger partial charge in [-0.05, 0) is 62.4 Å². The van der Waals surface area contributed by atoms with E-state index in [1.165, 1.54) is 11.8 Å². The van der Waals surface area contributed by atoms with Crippen molar-refractivity contribution >= 4 is 39.8 Å². The Balaban J connectivity index is 1.22. The number of anilines is 1. The highest BCUT2D eigenvalue weighted by Gasteiger charge is 2.32. The quantitative estimate of drug-likeness (QED) is 0.179. The molecular formula is C31H32F2N4O4S. The molecule has 5 rings (SSSR count). The number of fused-ring (bicyclic) bond motifs is 3. The average Bonchev–Trinajstić information content (AvgIpc) is 3.51. The summed E-state index contributed by atoms with van der Waals surface area (Å²) in [7, 11) is 0. The van der Waals surface area contributed by atoms with Gasteiger partial charge in [0, 0.05) is 28.4 Å². The van der Waals surface area contributed by atoms with Crippen LogP contribution in [0.25, 0.3) is 16.2 Å². The Morgan fingerprint density at radius 3 is 2.60 bits per heavy atom. The van der Waals surface area contributed by atoms with Gasteiger partial charge in [0.1, 0.15) is 17.7 Å². The smallest absolute Gasteiger partial charge is 0.314 e. The summed E-state index contributed by atoms with van der Waals surface area (Å²) < 4.78 is 34.3. The number of esters is 1. The highest BCUT2D eigenvalue weighted by atomic mass is 32.1. The predicted octanol–water partition coefficient (Wildman–Crippen LogP) is 5.79. The van der Waals surface area contributed by atoms with E-state index in [-0.39, 0.29) is 23.9 Å². The summed E-state index contributed by atoms with van der Waals surface area (Å²) >= 11 is 1.60. The molecule has 4 aromatic rings. The van der Waals surface area contributed by atoms with Crippen molar-refractivity contribution in [2.75, 3.05) is 11.9 Å². The number of nitrogens with zero attached hydrogens (tertiary/aromatic N) is 2. The van der Waals surface area contributed by atoms with Gasteiger partial charge in [-0.2, -0.15) is 0 Å². The van der Waals surface area contributed by atoms with Gasteiger partial charge in [-0.3, -0.25) is 18.8 Å². The number of carbonyl (C=O) groups excluding carboxylic acids is 3. The first-order valence-electron chi connectivity index (χ1n) is 14.0. The number of amides is 2. The third-order valence-corrected chi connectivity index (χ3v) is 8.32. The maximum Gasteiger partial charge on any atom is 0.314 e. The molecule has 8 nitrogen and oxygen atoms in total. The van der Waals surface area contributed by atoms with Crippen LogP contribution in [0, 0.1) is 11.6 Å². The predicted molar refractivity (Wildman–Crippen MR) is 156 cm³/mol. The van der Waals surface area contributed by atoms with Crippen molar-refractivity contribution in [2.45, 2.75) is 64.3 Å².